The third-order valence-electron chi connectivity index (χ3n) is 4.76. The van der Waals surface area contributed by atoms with Crippen LogP contribution >= 0.6 is 11.6 Å². The molecule has 0 unspecified atom stereocenters. The lowest BCUT2D eigenvalue weighted by Crippen LogP contribution is -2.45. The molecule has 1 fully saturated rings. The van der Waals surface area contributed by atoms with Gasteiger partial charge in [-0.3, -0.25) is 9.59 Å². The van der Waals surface area contributed by atoms with Gasteiger partial charge in [-0.1, -0.05) is 29.8 Å². The quantitative estimate of drug-likeness (QED) is 0.840. The van der Waals surface area contributed by atoms with Crippen molar-refractivity contribution in [1.82, 2.24) is 9.88 Å². The van der Waals surface area contributed by atoms with Crippen LogP contribution in [0.15, 0.2) is 40.7 Å². The molecule has 0 radical (unpaired) electrons. The van der Waals surface area contributed by atoms with Crippen molar-refractivity contribution in [3.8, 4) is 6.07 Å². The molecule has 0 atom stereocenters. The predicted octanol–water partition coefficient (Wildman–Crippen LogP) is 2.25. The van der Waals surface area contributed by atoms with Gasteiger partial charge in [0.2, 0.25) is 5.91 Å². The average Bonchev–Trinajstić information content (AvgIpc) is 2.65. The Morgan fingerprint density at radius 3 is 2.69 bits per heavy atom. The van der Waals surface area contributed by atoms with E-state index in [0.29, 0.717) is 18.8 Å². The Kier molecular flexibility index (Phi) is 5.29. The molecule has 7 heteroatoms. The Morgan fingerprint density at radius 1 is 1.35 bits per heavy atom. The van der Waals surface area contributed by atoms with E-state index in [1.54, 1.807) is 7.05 Å². The van der Waals surface area contributed by atoms with Crippen molar-refractivity contribution >= 4 is 34.1 Å². The summed E-state index contributed by atoms with van der Waals surface area (Å²) in [5.74, 6) is -0.213. The third-order valence-corrected chi connectivity index (χ3v) is 4.89. The van der Waals surface area contributed by atoms with Crippen LogP contribution in [0.25, 0.3) is 10.9 Å². The number of anilines is 1. The second-order valence-electron chi connectivity index (χ2n) is 6.28. The number of nitriles is 1. The number of benzene rings is 1. The summed E-state index contributed by atoms with van der Waals surface area (Å²) in [7, 11) is 1.68. The zero-order valence-corrected chi connectivity index (χ0v) is 15.2. The molecule has 1 aromatic carbocycles. The van der Waals surface area contributed by atoms with E-state index in [4.69, 9.17) is 11.6 Å². The number of aromatic nitrogens is 1. The number of para-hydroxylation sites is 1. The van der Waals surface area contributed by atoms with Crippen LogP contribution in [-0.2, 0) is 11.8 Å². The molecular formula is C19H19ClN4O2. The molecular weight excluding hydrogens is 352 g/mol. The Bertz CT molecular complexity index is 966. The first-order valence-electron chi connectivity index (χ1n) is 8.41. The number of aryl methyl sites for hydroxylation is 1. The normalized spacial score (nSPS) is 15.3. The second-order valence-corrected chi connectivity index (χ2v) is 6.53. The van der Waals surface area contributed by atoms with Gasteiger partial charge >= 0.3 is 0 Å². The largest absolute Gasteiger partial charge is 0.370 e. The molecule has 26 heavy (non-hydrogen) atoms. The summed E-state index contributed by atoms with van der Waals surface area (Å²) in [5, 5.41) is 13.4. The number of nitrogens with one attached hydrogen (secondary N) is 1. The second kappa shape index (κ2) is 7.63. The fourth-order valence-electron chi connectivity index (χ4n) is 3.46. The van der Waals surface area contributed by atoms with Crippen molar-refractivity contribution < 1.29 is 4.79 Å². The number of hydrogen-bond acceptors (Lipinski definition) is 4. The Labute approximate surface area is 156 Å². The Balaban J connectivity index is 1.93. The lowest BCUT2D eigenvalue weighted by Gasteiger charge is -2.35. The van der Waals surface area contributed by atoms with Gasteiger partial charge in [0.1, 0.15) is 11.6 Å². The predicted molar refractivity (Wildman–Crippen MR) is 102 cm³/mol. The number of hydrogen-bond donors (Lipinski definition) is 1. The highest BCUT2D eigenvalue weighted by atomic mass is 35.5. The molecule has 1 aliphatic heterocycles. The van der Waals surface area contributed by atoms with Crippen LogP contribution in [0.1, 0.15) is 18.4 Å². The lowest BCUT2D eigenvalue weighted by molar-refractivity contribution is -0.117. The molecule has 2 aromatic rings. The average molecular weight is 371 g/mol. The van der Waals surface area contributed by atoms with Crippen molar-refractivity contribution in [2.24, 2.45) is 7.05 Å². The minimum atomic E-state index is -0.288. The van der Waals surface area contributed by atoms with Crippen LogP contribution in [0.4, 0.5) is 5.69 Å². The number of amides is 1. The Hall–Kier alpha value is -2.78. The van der Waals surface area contributed by atoms with E-state index in [9.17, 15) is 14.9 Å². The highest BCUT2D eigenvalue weighted by Gasteiger charge is 2.25. The number of rotatable bonds is 3. The summed E-state index contributed by atoms with van der Waals surface area (Å²) >= 11 is 5.42. The molecule has 3 rings (SSSR count). The monoisotopic (exact) mass is 370 g/mol. The van der Waals surface area contributed by atoms with E-state index in [1.807, 2.05) is 24.3 Å². The van der Waals surface area contributed by atoms with E-state index in [2.05, 4.69) is 16.3 Å². The first-order chi connectivity index (χ1) is 12.6. The number of fused-ring (bicyclic) bond motifs is 1. The van der Waals surface area contributed by atoms with Crippen molar-refractivity contribution in [2.45, 2.75) is 18.9 Å². The zero-order chi connectivity index (χ0) is 18.7. The first kappa shape index (κ1) is 18.0. The van der Waals surface area contributed by atoms with E-state index in [0.717, 1.165) is 23.7 Å². The van der Waals surface area contributed by atoms with Gasteiger partial charge < -0.3 is 14.8 Å². The molecule has 1 aromatic heterocycles. The number of piperidine rings is 1. The fraction of sp³-hybridized carbons (Fsp3) is 0.316. The summed E-state index contributed by atoms with van der Waals surface area (Å²) in [5.41, 5.74) is 2.56. The molecule has 1 aliphatic rings. The SMILES string of the molecule is Cn1c(=O)c(C#N)c(N2CCC(NC(=O)/C=C/Cl)CC2)c2ccccc21. The van der Waals surface area contributed by atoms with Gasteiger partial charge in [0, 0.05) is 43.2 Å². The van der Waals surface area contributed by atoms with Crippen molar-refractivity contribution in [3.05, 3.63) is 51.8 Å². The number of carbonyl (C=O) groups is 1. The summed E-state index contributed by atoms with van der Waals surface area (Å²) in [4.78, 5) is 26.3. The van der Waals surface area contributed by atoms with Crippen LogP contribution in [0, 0.1) is 11.3 Å². The van der Waals surface area contributed by atoms with Crippen LogP contribution in [0.3, 0.4) is 0 Å². The Morgan fingerprint density at radius 2 is 2.04 bits per heavy atom. The molecule has 0 aliphatic carbocycles. The van der Waals surface area contributed by atoms with Crippen molar-refractivity contribution in [2.75, 3.05) is 18.0 Å². The molecule has 1 saturated heterocycles. The molecule has 6 nitrogen and oxygen atoms in total. The van der Waals surface area contributed by atoms with Crippen LogP contribution in [0.5, 0.6) is 0 Å². The zero-order valence-electron chi connectivity index (χ0n) is 14.4. The minimum Gasteiger partial charge on any atom is -0.370 e. The van der Waals surface area contributed by atoms with Gasteiger partial charge in [0.25, 0.3) is 5.56 Å². The van der Waals surface area contributed by atoms with Crippen LogP contribution < -0.4 is 15.8 Å². The molecule has 0 spiro atoms. The maximum absolute atomic E-state index is 12.6. The van der Waals surface area contributed by atoms with E-state index < -0.39 is 0 Å². The molecule has 0 bridgehead atoms. The molecule has 1 N–H and O–H groups in total. The molecule has 2 heterocycles. The maximum atomic E-state index is 12.6. The van der Waals surface area contributed by atoms with E-state index in [1.165, 1.54) is 16.2 Å². The van der Waals surface area contributed by atoms with E-state index >= 15 is 0 Å². The smallest absolute Gasteiger partial charge is 0.270 e. The van der Waals surface area contributed by atoms with Gasteiger partial charge in [-0.25, -0.2) is 0 Å². The summed E-state index contributed by atoms with van der Waals surface area (Å²) < 4.78 is 1.52. The van der Waals surface area contributed by atoms with E-state index in [-0.39, 0.29) is 23.1 Å². The topological polar surface area (TPSA) is 78.1 Å². The van der Waals surface area contributed by atoms with Gasteiger partial charge in [0.15, 0.2) is 0 Å². The summed E-state index contributed by atoms with van der Waals surface area (Å²) in [6, 6.07) is 9.74. The molecule has 0 saturated carbocycles. The van der Waals surface area contributed by atoms with Gasteiger partial charge in [-0.05, 0) is 18.9 Å². The molecule has 134 valence electrons. The van der Waals surface area contributed by atoms with Crippen LogP contribution in [0.2, 0.25) is 0 Å². The minimum absolute atomic E-state index is 0.0509. The fourth-order valence-corrected chi connectivity index (χ4v) is 3.58. The highest BCUT2D eigenvalue weighted by molar-refractivity contribution is 6.26. The van der Waals surface area contributed by atoms with Crippen molar-refractivity contribution in [1.29, 1.82) is 5.26 Å². The summed E-state index contributed by atoms with van der Waals surface area (Å²) in [6.45, 7) is 1.31. The highest BCUT2D eigenvalue weighted by Crippen LogP contribution is 2.30. The van der Waals surface area contributed by atoms with Gasteiger partial charge in [0.05, 0.1) is 11.2 Å². The number of nitrogens with zero attached hydrogens (tertiary/aromatic N) is 3. The number of carbonyl (C=O) groups excluding carboxylic acids is 1. The van der Waals surface area contributed by atoms with Gasteiger partial charge in [-0.15, -0.1) is 0 Å². The number of halogens is 1. The first-order valence-corrected chi connectivity index (χ1v) is 8.84. The van der Waals surface area contributed by atoms with Crippen molar-refractivity contribution in [3.63, 3.8) is 0 Å². The number of pyridine rings is 1. The lowest BCUT2D eigenvalue weighted by atomic mass is 10.0. The molecule has 1 amide bonds. The third kappa shape index (κ3) is 3.31. The van der Waals surface area contributed by atoms with Gasteiger partial charge in [-0.2, -0.15) is 5.26 Å². The summed E-state index contributed by atoms with van der Waals surface area (Å²) in [6.07, 6.45) is 2.75. The van der Waals surface area contributed by atoms with Crippen LogP contribution in [-0.4, -0.2) is 29.6 Å². The standard InChI is InChI=1S/C19H19ClN4O2/c1-23-16-5-3-2-4-14(16)18(15(12-21)19(23)26)24-10-7-13(8-11-24)22-17(25)6-9-20/h2-6,9,13H,7-8,10-11H2,1H3,(H,22,25)/b9-6+. The maximum Gasteiger partial charge on any atom is 0.270 e.